The quantitative estimate of drug-likeness (QED) is 0.441. The maximum absolute atomic E-state index is 13.0. The van der Waals surface area contributed by atoms with Gasteiger partial charge in [-0.3, -0.25) is 9.59 Å². The summed E-state index contributed by atoms with van der Waals surface area (Å²) in [7, 11) is 1.53. The van der Waals surface area contributed by atoms with Crippen LogP contribution in [0.2, 0.25) is 0 Å². The number of carbonyl (C=O) groups excluding carboxylic acids is 3. The van der Waals surface area contributed by atoms with Gasteiger partial charge >= 0.3 is 12.6 Å². The van der Waals surface area contributed by atoms with Crippen molar-refractivity contribution >= 4 is 17.8 Å². The molecule has 4 rings (SSSR count). The van der Waals surface area contributed by atoms with E-state index in [9.17, 15) is 23.2 Å². The molecule has 0 fully saturated rings. The van der Waals surface area contributed by atoms with Gasteiger partial charge in [-0.1, -0.05) is 36.4 Å². The Hall–Kier alpha value is -4.21. The van der Waals surface area contributed by atoms with Gasteiger partial charge in [-0.15, -0.1) is 0 Å². The number of hydrogen-bond donors (Lipinski definition) is 0. The lowest BCUT2D eigenvalue weighted by atomic mass is 9.93. The highest BCUT2D eigenvalue weighted by Crippen LogP contribution is 2.26. The van der Waals surface area contributed by atoms with E-state index in [0.717, 1.165) is 11.1 Å². The maximum atomic E-state index is 13.0. The molecule has 36 heavy (non-hydrogen) atoms. The zero-order valence-electron chi connectivity index (χ0n) is 19.4. The van der Waals surface area contributed by atoms with Crippen molar-refractivity contribution in [1.82, 2.24) is 9.80 Å². The number of likely N-dealkylation sites (N-methyl/N-ethyl adjacent to an activating group) is 1. The fourth-order valence-electron chi connectivity index (χ4n) is 3.97. The Morgan fingerprint density at radius 1 is 1.06 bits per heavy atom. The first-order valence-electron chi connectivity index (χ1n) is 11.2. The van der Waals surface area contributed by atoms with E-state index in [1.807, 2.05) is 24.3 Å². The summed E-state index contributed by atoms with van der Waals surface area (Å²) in [6.07, 6.45) is 1.63. The molecule has 8 nitrogen and oxygen atoms in total. The molecule has 0 unspecified atom stereocenters. The predicted octanol–water partition coefficient (Wildman–Crippen LogP) is 3.65. The predicted molar refractivity (Wildman–Crippen MR) is 123 cm³/mol. The molecule has 0 saturated carbocycles. The van der Waals surface area contributed by atoms with Crippen molar-refractivity contribution in [3.05, 3.63) is 89.4 Å². The second-order valence-electron chi connectivity index (χ2n) is 8.28. The minimum atomic E-state index is -2.92. The first-order valence-corrected chi connectivity index (χ1v) is 11.2. The Morgan fingerprint density at radius 2 is 1.78 bits per heavy atom. The minimum absolute atomic E-state index is 0.0133. The van der Waals surface area contributed by atoms with Crippen LogP contribution in [0.15, 0.2) is 71.3 Å². The second kappa shape index (κ2) is 11.0. The van der Waals surface area contributed by atoms with Gasteiger partial charge < -0.3 is 23.7 Å². The molecule has 0 radical (unpaired) electrons. The Morgan fingerprint density at radius 3 is 2.44 bits per heavy atom. The van der Waals surface area contributed by atoms with Crippen LogP contribution in [-0.2, 0) is 33.8 Å². The fraction of sp³-hybridized carbons (Fsp3) is 0.269. The Balaban J connectivity index is 1.38. The molecular weight excluding hydrogens is 474 g/mol. The van der Waals surface area contributed by atoms with E-state index >= 15 is 0 Å². The summed E-state index contributed by atoms with van der Waals surface area (Å²) in [5, 5.41) is 0. The SMILES string of the molecule is CN(Cc1ccc(OC(F)F)cc1)C(=O)COC(=O)[C@@H]1Cc2ccccc2CN1C(=O)c1ccco1. The number of esters is 1. The van der Waals surface area contributed by atoms with Crippen LogP contribution in [0.1, 0.15) is 27.2 Å². The van der Waals surface area contributed by atoms with Gasteiger partial charge in [0, 0.05) is 26.6 Å². The molecule has 188 valence electrons. The van der Waals surface area contributed by atoms with Gasteiger partial charge in [-0.2, -0.15) is 8.78 Å². The molecule has 1 aliphatic heterocycles. The monoisotopic (exact) mass is 498 g/mol. The van der Waals surface area contributed by atoms with Gasteiger partial charge in [-0.25, -0.2) is 4.79 Å². The van der Waals surface area contributed by atoms with Crippen LogP contribution < -0.4 is 4.74 Å². The molecule has 1 aliphatic rings. The Kier molecular flexibility index (Phi) is 7.62. The lowest BCUT2D eigenvalue weighted by molar-refractivity contribution is -0.156. The van der Waals surface area contributed by atoms with Gasteiger partial charge in [0.25, 0.3) is 11.8 Å². The zero-order chi connectivity index (χ0) is 25.7. The third-order valence-corrected chi connectivity index (χ3v) is 5.85. The maximum Gasteiger partial charge on any atom is 0.387 e. The highest BCUT2D eigenvalue weighted by atomic mass is 19.3. The zero-order valence-corrected chi connectivity index (χ0v) is 19.4. The third-order valence-electron chi connectivity index (χ3n) is 5.85. The van der Waals surface area contributed by atoms with Crippen molar-refractivity contribution < 1.29 is 37.1 Å². The standard InChI is InChI=1S/C26H24F2N2O6/c1-29(14-17-8-10-20(11-9-17)36-26(27)28)23(31)16-35-25(33)21-13-18-5-2-3-6-19(18)15-30(21)24(32)22-7-4-12-34-22/h2-12,21,26H,13-16H2,1H3/t21-/m0/s1. The Bertz CT molecular complexity index is 1210. The van der Waals surface area contributed by atoms with E-state index in [1.54, 1.807) is 18.2 Å². The van der Waals surface area contributed by atoms with Crippen molar-refractivity contribution in [3.8, 4) is 5.75 Å². The van der Waals surface area contributed by atoms with Gasteiger partial charge in [-0.05, 0) is 41.0 Å². The number of fused-ring (bicyclic) bond motifs is 1. The van der Waals surface area contributed by atoms with Crippen molar-refractivity contribution in [1.29, 1.82) is 0 Å². The number of benzene rings is 2. The number of amides is 2. The molecule has 1 atom stereocenters. The van der Waals surface area contributed by atoms with Crippen LogP contribution in [0.5, 0.6) is 5.75 Å². The molecule has 10 heteroatoms. The van der Waals surface area contributed by atoms with Gasteiger partial charge in [0.2, 0.25) is 0 Å². The minimum Gasteiger partial charge on any atom is -0.459 e. The van der Waals surface area contributed by atoms with E-state index in [-0.39, 0.29) is 31.0 Å². The summed E-state index contributed by atoms with van der Waals surface area (Å²) in [5.41, 5.74) is 2.52. The smallest absolute Gasteiger partial charge is 0.387 e. The van der Waals surface area contributed by atoms with Crippen LogP contribution in [-0.4, -0.2) is 53.9 Å². The molecule has 2 aromatic carbocycles. The topological polar surface area (TPSA) is 89.3 Å². The summed E-state index contributed by atoms with van der Waals surface area (Å²) in [6, 6.07) is 15.6. The van der Waals surface area contributed by atoms with Crippen molar-refractivity contribution in [2.45, 2.75) is 32.2 Å². The Labute approximate surface area is 206 Å². The number of alkyl halides is 2. The number of halogens is 2. The largest absolute Gasteiger partial charge is 0.459 e. The average molecular weight is 498 g/mol. The highest BCUT2D eigenvalue weighted by Gasteiger charge is 2.37. The fourth-order valence-corrected chi connectivity index (χ4v) is 3.97. The number of carbonyl (C=O) groups is 3. The summed E-state index contributed by atoms with van der Waals surface area (Å²) in [4.78, 5) is 41.3. The van der Waals surface area contributed by atoms with E-state index in [0.29, 0.717) is 5.56 Å². The normalized spacial score (nSPS) is 14.8. The van der Waals surface area contributed by atoms with Crippen LogP contribution in [0.25, 0.3) is 0 Å². The van der Waals surface area contributed by atoms with Gasteiger partial charge in [0.05, 0.1) is 6.26 Å². The summed E-state index contributed by atoms with van der Waals surface area (Å²) in [5.74, 6) is -1.48. The number of nitrogens with zero attached hydrogens (tertiary/aromatic N) is 2. The molecule has 0 N–H and O–H groups in total. The summed E-state index contributed by atoms with van der Waals surface area (Å²) in [6.45, 7) is -3.05. The van der Waals surface area contributed by atoms with E-state index in [4.69, 9.17) is 9.15 Å². The summed E-state index contributed by atoms with van der Waals surface area (Å²) < 4.78 is 39.4. The molecule has 0 aliphatic carbocycles. The number of hydrogen-bond acceptors (Lipinski definition) is 6. The number of rotatable bonds is 8. The van der Waals surface area contributed by atoms with Crippen molar-refractivity contribution in [2.24, 2.45) is 0 Å². The lowest BCUT2D eigenvalue weighted by Crippen LogP contribution is -2.49. The molecule has 0 saturated heterocycles. The first kappa shape index (κ1) is 24.9. The summed E-state index contributed by atoms with van der Waals surface area (Å²) >= 11 is 0. The number of ether oxygens (including phenoxy) is 2. The molecule has 2 amide bonds. The molecule has 1 aromatic heterocycles. The second-order valence-corrected chi connectivity index (χ2v) is 8.28. The molecule has 0 spiro atoms. The van der Waals surface area contributed by atoms with E-state index < -0.39 is 37.0 Å². The van der Waals surface area contributed by atoms with Crippen molar-refractivity contribution in [3.63, 3.8) is 0 Å². The third kappa shape index (κ3) is 5.88. The van der Waals surface area contributed by atoms with Crippen LogP contribution in [0, 0.1) is 0 Å². The average Bonchev–Trinajstić information content (AvgIpc) is 3.41. The molecule has 3 aromatic rings. The van der Waals surface area contributed by atoms with Crippen LogP contribution in [0.4, 0.5) is 8.78 Å². The molecular formula is C26H24F2N2O6. The number of furan rings is 1. The van der Waals surface area contributed by atoms with Crippen LogP contribution in [0.3, 0.4) is 0 Å². The van der Waals surface area contributed by atoms with E-state index in [1.165, 1.54) is 41.3 Å². The van der Waals surface area contributed by atoms with E-state index in [2.05, 4.69) is 4.74 Å². The lowest BCUT2D eigenvalue weighted by Gasteiger charge is -2.35. The van der Waals surface area contributed by atoms with Gasteiger partial charge in [0.1, 0.15) is 11.8 Å². The molecule has 0 bridgehead atoms. The first-order chi connectivity index (χ1) is 17.3. The van der Waals surface area contributed by atoms with Crippen LogP contribution >= 0.6 is 0 Å². The molecule has 2 heterocycles. The van der Waals surface area contributed by atoms with Crippen molar-refractivity contribution in [2.75, 3.05) is 13.7 Å². The van der Waals surface area contributed by atoms with Gasteiger partial charge in [0.15, 0.2) is 12.4 Å². The highest BCUT2D eigenvalue weighted by molar-refractivity contribution is 5.95.